The molecule has 0 saturated heterocycles. The van der Waals surface area contributed by atoms with E-state index < -0.39 is 28.2 Å². The highest BCUT2D eigenvalue weighted by molar-refractivity contribution is 7.85. The maximum Gasteiger partial charge on any atom is 0.267 e. The molecular weight excluding hydrogens is 269 g/mol. The molecule has 0 aliphatic heterocycles. The summed E-state index contributed by atoms with van der Waals surface area (Å²) in [6.07, 6.45) is 0.113. The first-order chi connectivity index (χ1) is 8.37. The number of unbranched alkanes of at least 4 members (excludes halogenated alkanes) is 5. The van der Waals surface area contributed by atoms with Gasteiger partial charge in [0, 0.05) is 0 Å². The van der Waals surface area contributed by atoms with Crippen molar-refractivity contribution >= 4 is 10.1 Å². The van der Waals surface area contributed by atoms with E-state index in [4.69, 9.17) is 4.55 Å². The first kappa shape index (κ1) is 17.7. The first-order valence-corrected chi connectivity index (χ1v) is 7.77. The van der Waals surface area contributed by atoms with E-state index in [-0.39, 0.29) is 13.1 Å². The van der Waals surface area contributed by atoms with Crippen molar-refractivity contribution in [1.82, 2.24) is 0 Å². The zero-order chi connectivity index (χ0) is 14.0. The van der Waals surface area contributed by atoms with Crippen molar-refractivity contribution in [3.63, 3.8) is 0 Å². The summed E-state index contributed by atoms with van der Waals surface area (Å²) in [5, 5.41) is 0. The maximum atomic E-state index is 13.2. The van der Waals surface area contributed by atoms with Crippen molar-refractivity contribution in [3.8, 4) is 0 Å². The van der Waals surface area contributed by atoms with Gasteiger partial charge in [0.2, 0.25) is 0 Å². The lowest BCUT2D eigenvalue weighted by atomic mass is 10.1. The van der Waals surface area contributed by atoms with Gasteiger partial charge in [0.25, 0.3) is 10.1 Å². The number of hydrogen-bond acceptors (Lipinski definition) is 2. The van der Waals surface area contributed by atoms with Crippen molar-refractivity contribution in [3.05, 3.63) is 0 Å². The average Bonchev–Trinajstić information content (AvgIpc) is 2.25. The third-order valence-electron chi connectivity index (χ3n) is 2.63. The Labute approximate surface area is 107 Å². The predicted octanol–water partition coefficient (Wildman–Crippen LogP) is 3.25. The molecule has 7 heteroatoms. The number of rotatable bonds is 11. The molecule has 0 spiro atoms. The highest BCUT2D eigenvalue weighted by Gasteiger charge is 2.25. The molecule has 0 aromatic rings. The molecule has 110 valence electrons. The highest BCUT2D eigenvalue weighted by Crippen LogP contribution is 2.15. The van der Waals surface area contributed by atoms with Gasteiger partial charge in [-0.25, -0.2) is 8.78 Å². The smallest absolute Gasteiger partial charge is 0.267 e. The van der Waals surface area contributed by atoms with Gasteiger partial charge in [-0.1, -0.05) is 32.1 Å². The summed E-state index contributed by atoms with van der Waals surface area (Å²) < 4.78 is 67.0. The summed E-state index contributed by atoms with van der Waals surface area (Å²) in [5.41, 5.74) is 0. The topological polar surface area (TPSA) is 54.4 Å². The molecule has 0 aliphatic carbocycles. The Morgan fingerprint density at radius 2 is 1.39 bits per heavy atom. The van der Waals surface area contributed by atoms with E-state index in [0.717, 1.165) is 19.3 Å². The number of halogens is 3. The van der Waals surface area contributed by atoms with Crippen LogP contribution in [0, 0.1) is 0 Å². The fourth-order valence-electron chi connectivity index (χ4n) is 1.63. The summed E-state index contributed by atoms with van der Waals surface area (Å²) in [6, 6.07) is 0. The van der Waals surface area contributed by atoms with Gasteiger partial charge in [-0.05, 0) is 12.8 Å². The van der Waals surface area contributed by atoms with Crippen molar-refractivity contribution in [1.29, 1.82) is 0 Å². The van der Waals surface area contributed by atoms with Gasteiger partial charge in [0.05, 0.1) is 6.67 Å². The Balaban J connectivity index is 3.55. The summed E-state index contributed by atoms with van der Waals surface area (Å²) in [5.74, 6) is -1.19. The second-order valence-corrected chi connectivity index (χ2v) is 5.88. The van der Waals surface area contributed by atoms with Crippen molar-refractivity contribution < 1.29 is 26.1 Å². The molecular formula is C11H21F3O3S. The van der Waals surface area contributed by atoms with Gasteiger partial charge in [0.15, 0.2) is 0 Å². The lowest BCUT2D eigenvalue weighted by Gasteiger charge is -2.11. The van der Waals surface area contributed by atoms with E-state index in [9.17, 15) is 21.6 Å². The molecule has 0 rings (SSSR count). The molecule has 3 nitrogen and oxygen atoms in total. The van der Waals surface area contributed by atoms with Crippen LogP contribution in [0.4, 0.5) is 13.2 Å². The van der Waals surface area contributed by atoms with E-state index >= 15 is 0 Å². The highest BCUT2D eigenvalue weighted by atomic mass is 32.2. The average molecular weight is 290 g/mol. The van der Waals surface area contributed by atoms with Crippen LogP contribution in [-0.2, 0) is 10.1 Å². The molecule has 0 saturated carbocycles. The normalized spacial score (nSPS) is 15.6. The fourth-order valence-corrected chi connectivity index (χ4v) is 2.24. The minimum absolute atomic E-state index is 0.0558. The number of alkyl halides is 3. The monoisotopic (exact) mass is 290 g/mol. The van der Waals surface area contributed by atoms with Crippen LogP contribution in [-0.4, -0.2) is 37.7 Å². The summed E-state index contributed by atoms with van der Waals surface area (Å²) in [7, 11) is -4.46. The van der Waals surface area contributed by atoms with Gasteiger partial charge in [0.1, 0.15) is 18.1 Å². The summed E-state index contributed by atoms with van der Waals surface area (Å²) >= 11 is 0. The summed E-state index contributed by atoms with van der Waals surface area (Å²) in [4.78, 5) is 0. The van der Waals surface area contributed by atoms with Gasteiger partial charge in [-0.2, -0.15) is 8.42 Å². The molecule has 0 bridgehead atoms. The van der Waals surface area contributed by atoms with Crippen LogP contribution in [0.5, 0.6) is 0 Å². The second kappa shape index (κ2) is 9.61. The van der Waals surface area contributed by atoms with E-state index in [2.05, 4.69) is 0 Å². The molecule has 0 heterocycles. The molecule has 1 N–H and O–H groups in total. The zero-order valence-corrected chi connectivity index (χ0v) is 11.1. The Morgan fingerprint density at radius 3 is 1.89 bits per heavy atom. The molecule has 0 amide bonds. The largest absolute Gasteiger partial charge is 0.285 e. The Hall–Kier alpha value is -0.300. The molecule has 0 aliphatic rings. The van der Waals surface area contributed by atoms with Gasteiger partial charge >= 0.3 is 0 Å². The Kier molecular flexibility index (Phi) is 9.45. The molecule has 18 heavy (non-hydrogen) atoms. The van der Waals surface area contributed by atoms with Crippen LogP contribution < -0.4 is 0 Å². The van der Waals surface area contributed by atoms with Crippen LogP contribution in [0.1, 0.15) is 44.9 Å². The van der Waals surface area contributed by atoms with Crippen LogP contribution in [0.15, 0.2) is 0 Å². The predicted molar refractivity (Wildman–Crippen MR) is 64.5 cm³/mol. The van der Waals surface area contributed by atoms with Crippen molar-refractivity contribution in [2.24, 2.45) is 0 Å². The SMILES string of the molecule is O=S(=O)(O)CC(F)C(F)CCCCCCCCF. The van der Waals surface area contributed by atoms with Crippen LogP contribution in [0.25, 0.3) is 0 Å². The van der Waals surface area contributed by atoms with E-state index in [0.29, 0.717) is 19.3 Å². The quantitative estimate of drug-likeness (QED) is 0.469. The Morgan fingerprint density at radius 1 is 0.889 bits per heavy atom. The minimum atomic E-state index is -4.46. The third kappa shape index (κ3) is 10.8. The van der Waals surface area contributed by atoms with Gasteiger partial charge in [-0.3, -0.25) is 8.94 Å². The fraction of sp³-hybridized carbons (Fsp3) is 1.00. The lowest BCUT2D eigenvalue weighted by Crippen LogP contribution is -2.26. The van der Waals surface area contributed by atoms with Crippen molar-refractivity contribution in [2.75, 3.05) is 12.4 Å². The molecule has 0 radical (unpaired) electrons. The molecule has 0 fully saturated rings. The second-order valence-electron chi connectivity index (χ2n) is 4.38. The lowest BCUT2D eigenvalue weighted by molar-refractivity contribution is 0.169. The van der Waals surface area contributed by atoms with E-state index in [1.165, 1.54) is 0 Å². The molecule has 2 unspecified atom stereocenters. The van der Waals surface area contributed by atoms with Crippen molar-refractivity contribution in [2.45, 2.75) is 57.3 Å². The van der Waals surface area contributed by atoms with Crippen LogP contribution in [0.2, 0.25) is 0 Å². The van der Waals surface area contributed by atoms with Crippen LogP contribution >= 0.6 is 0 Å². The maximum absolute atomic E-state index is 13.2. The standard InChI is InChI=1S/C11H21F3O3S/c12-8-6-4-2-1-3-5-7-10(13)11(14)9-18(15,16)17/h10-11H,1-9H2,(H,15,16,17). The van der Waals surface area contributed by atoms with E-state index in [1.807, 2.05) is 0 Å². The van der Waals surface area contributed by atoms with Gasteiger partial charge in [-0.15, -0.1) is 0 Å². The first-order valence-electron chi connectivity index (χ1n) is 6.16. The summed E-state index contributed by atoms with van der Waals surface area (Å²) in [6.45, 7) is -0.328. The zero-order valence-electron chi connectivity index (χ0n) is 10.3. The van der Waals surface area contributed by atoms with E-state index in [1.54, 1.807) is 0 Å². The molecule has 0 aromatic carbocycles. The number of hydrogen-bond donors (Lipinski definition) is 1. The van der Waals surface area contributed by atoms with Gasteiger partial charge < -0.3 is 0 Å². The molecule has 2 atom stereocenters. The molecule has 0 aromatic heterocycles. The van der Waals surface area contributed by atoms with Crippen LogP contribution in [0.3, 0.4) is 0 Å². The minimum Gasteiger partial charge on any atom is -0.285 e. The third-order valence-corrected chi connectivity index (χ3v) is 3.37. The Bertz CT molecular complexity index is 296.